The van der Waals surface area contributed by atoms with E-state index in [0.29, 0.717) is 13.0 Å². The summed E-state index contributed by atoms with van der Waals surface area (Å²) in [5.41, 5.74) is 5.38. The molecule has 0 aliphatic carbocycles. The molecule has 5 nitrogen and oxygen atoms in total. The van der Waals surface area contributed by atoms with Crippen molar-refractivity contribution in [2.75, 3.05) is 0 Å². The van der Waals surface area contributed by atoms with Crippen molar-refractivity contribution < 1.29 is 5.11 Å². The highest BCUT2D eigenvalue weighted by molar-refractivity contribution is 5.05. The van der Waals surface area contributed by atoms with Crippen LogP contribution in [0.25, 0.3) is 0 Å². The first kappa shape index (κ1) is 12.1. The van der Waals surface area contributed by atoms with Gasteiger partial charge in [0.2, 0.25) is 0 Å². The second-order valence-electron chi connectivity index (χ2n) is 4.87. The number of hydrogen-bond acceptors (Lipinski definition) is 4. The molecular weight excluding hydrogens is 192 g/mol. The minimum atomic E-state index is -0.746. The molecule has 0 saturated carbocycles. The first-order valence-corrected chi connectivity index (χ1v) is 5.16. The minimum Gasteiger partial charge on any atom is -0.388 e. The van der Waals surface area contributed by atoms with Gasteiger partial charge in [-0.15, -0.1) is 5.10 Å². The van der Waals surface area contributed by atoms with Gasteiger partial charge in [0, 0.05) is 0 Å². The molecule has 1 atom stereocenters. The highest BCUT2D eigenvalue weighted by Crippen LogP contribution is 2.15. The summed E-state index contributed by atoms with van der Waals surface area (Å²) in [5, 5.41) is 17.8. The van der Waals surface area contributed by atoms with Crippen molar-refractivity contribution >= 4 is 0 Å². The minimum absolute atomic E-state index is 0.437. The van der Waals surface area contributed by atoms with Gasteiger partial charge in [-0.2, -0.15) is 0 Å². The predicted octanol–water partition coefficient (Wildman–Crippen LogP) is 0.633. The third-order valence-corrected chi connectivity index (χ3v) is 2.46. The van der Waals surface area contributed by atoms with Crippen LogP contribution in [-0.2, 0) is 12.1 Å². The molecule has 5 heteroatoms. The molecule has 1 heterocycles. The quantitative estimate of drug-likeness (QED) is 0.767. The Balaban J connectivity index is 2.78. The summed E-state index contributed by atoms with van der Waals surface area (Å²) in [4.78, 5) is 0. The van der Waals surface area contributed by atoms with E-state index in [1.165, 1.54) is 0 Å². The molecule has 1 rings (SSSR count). The first-order chi connectivity index (χ1) is 6.74. The summed E-state index contributed by atoms with van der Waals surface area (Å²) in [7, 11) is 0. The fourth-order valence-electron chi connectivity index (χ4n) is 1.13. The lowest BCUT2D eigenvalue weighted by Gasteiger charge is -2.20. The molecule has 86 valence electrons. The highest BCUT2D eigenvalue weighted by Gasteiger charge is 2.22. The fourth-order valence-corrected chi connectivity index (χ4v) is 1.13. The van der Waals surface area contributed by atoms with E-state index in [2.05, 4.69) is 10.3 Å². The molecule has 1 aromatic heterocycles. The van der Waals surface area contributed by atoms with Crippen molar-refractivity contribution in [1.29, 1.82) is 0 Å². The largest absolute Gasteiger partial charge is 0.388 e. The van der Waals surface area contributed by atoms with Crippen molar-refractivity contribution in [3.05, 3.63) is 11.9 Å². The molecule has 0 bridgehead atoms. The summed E-state index contributed by atoms with van der Waals surface area (Å²) in [5.74, 6) is 0. The molecule has 0 saturated heterocycles. The van der Waals surface area contributed by atoms with Crippen molar-refractivity contribution in [1.82, 2.24) is 15.0 Å². The van der Waals surface area contributed by atoms with Crippen LogP contribution in [0.5, 0.6) is 0 Å². The summed E-state index contributed by atoms with van der Waals surface area (Å²) in [6, 6.07) is 0. The van der Waals surface area contributed by atoms with Gasteiger partial charge in [-0.3, -0.25) is 0 Å². The number of hydrogen-bond donors (Lipinski definition) is 2. The summed E-state index contributed by atoms with van der Waals surface area (Å²) in [6.45, 7) is 7.90. The standard InChI is InChI=1S/C10H20N4O/c1-5-10(4,15)7-14-6-8(12-13-14)9(2,3)11/h6,15H,5,7,11H2,1-4H3. The normalized spacial score (nSPS) is 16.4. The van der Waals surface area contributed by atoms with Gasteiger partial charge in [-0.25, -0.2) is 4.68 Å². The molecule has 1 aromatic rings. The van der Waals surface area contributed by atoms with Crippen molar-refractivity contribution in [2.24, 2.45) is 5.73 Å². The van der Waals surface area contributed by atoms with E-state index in [-0.39, 0.29) is 0 Å². The van der Waals surface area contributed by atoms with Gasteiger partial charge in [0.05, 0.1) is 23.9 Å². The van der Waals surface area contributed by atoms with E-state index >= 15 is 0 Å². The zero-order valence-electron chi connectivity index (χ0n) is 9.86. The monoisotopic (exact) mass is 212 g/mol. The Hall–Kier alpha value is -0.940. The Bertz CT molecular complexity index is 324. The number of rotatable bonds is 4. The zero-order chi connectivity index (χ0) is 11.7. The molecule has 3 N–H and O–H groups in total. The Morgan fingerprint density at radius 2 is 2.07 bits per heavy atom. The fraction of sp³-hybridized carbons (Fsp3) is 0.800. The maximum Gasteiger partial charge on any atom is 0.102 e. The van der Waals surface area contributed by atoms with Crippen LogP contribution in [0.4, 0.5) is 0 Å². The Morgan fingerprint density at radius 3 is 2.47 bits per heavy atom. The topological polar surface area (TPSA) is 77.0 Å². The second-order valence-corrected chi connectivity index (χ2v) is 4.87. The van der Waals surface area contributed by atoms with E-state index in [9.17, 15) is 5.11 Å². The van der Waals surface area contributed by atoms with Gasteiger partial charge in [-0.1, -0.05) is 12.1 Å². The van der Waals surface area contributed by atoms with Crippen molar-refractivity contribution in [3.8, 4) is 0 Å². The van der Waals surface area contributed by atoms with E-state index in [0.717, 1.165) is 5.69 Å². The zero-order valence-corrected chi connectivity index (χ0v) is 9.86. The van der Waals surface area contributed by atoms with Crippen LogP contribution in [0, 0.1) is 0 Å². The first-order valence-electron chi connectivity index (χ1n) is 5.16. The van der Waals surface area contributed by atoms with E-state index in [4.69, 9.17) is 5.73 Å². The molecule has 0 spiro atoms. The van der Waals surface area contributed by atoms with Gasteiger partial charge in [0.25, 0.3) is 0 Å². The molecule has 0 aromatic carbocycles. The lowest BCUT2D eigenvalue weighted by Crippen LogP contribution is -2.30. The molecule has 0 amide bonds. The maximum absolute atomic E-state index is 9.87. The smallest absolute Gasteiger partial charge is 0.102 e. The second kappa shape index (κ2) is 3.90. The molecule has 1 unspecified atom stereocenters. The Morgan fingerprint density at radius 1 is 1.47 bits per heavy atom. The van der Waals surface area contributed by atoms with Crippen LogP contribution in [0.1, 0.15) is 39.8 Å². The number of nitrogens with zero attached hydrogens (tertiary/aromatic N) is 3. The molecular formula is C10H20N4O. The van der Waals surface area contributed by atoms with Gasteiger partial charge in [0.15, 0.2) is 0 Å². The Labute approximate surface area is 90.3 Å². The summed E-state index contributed by atoms with van der Waals surface area (Å²) in [6.07, 6.45) is 2.46. The molecule has 0 aliphatic heterocycles. The number of aliphatic hydroxyl groups is 1. The predicted molar refractivity (Wildman–Crippen MR) is 58.2 cm³/mol. The van der Waals surface area contributed by atoms with Crippen molar-refractivity contribution in [2.45, 2.75) is 51.8 Å². The van der Waals surface area contributed by atoms with E-state index in [1.54, 1.807) is 17.8 Å². The maximum atomic E-state index is 9.87. The third-order valence-electron chi connectivity index (χ3n) is 2.46. The van der Waals surface area contributed by atoms with Gasteiger partial charge in [-0.05, 0) is 27.2 Å². The lowest BCUT2D eigenvalue weighted by molar-refractivity contribution is 0.0339. The van der Waals surface area contributed by atoms with Crippen LogP contribution in [0.2, 0.25) is 0 Å². The van der Waals surface area contributed by atoms with Crippen LogP contribution < -0.4 is 5.73 Å². The van der Waals surface area contributed by atoms with Crippen LogP contribution in [-0.4, -0.2) is 25.7 Å². The lowest BCUT2D eigenvalue weighted by atomic mass is 10.0. The van der Waals surface area contributed by atoms with Gasteiger partial charge in [0.1, 0.15) is 5.69 Å². The molecule has 0 aliphatic rings. The Kier molecular flexibility index (Phi) is 3.16. The van der Waals surface area contributed by atoms with Crippen LogP contribution >= 0.6 is 0 Å². The summed E-state index contributed by atoms with van der Waals surface area (Å²) < 4.78 is 1.63. The van der Waals surface area contributed by atoms with Crippen molar-refractivity contribution in [3.63, 3.8) is 0 Å². The SMILES string of the molecule is CCC(C)(O)Cn1cc(C(C)(C)N)nn1. The molecule has 15 heavy (non-hydrogen) atoms. The van der Waals surface area contributed by atoms with E-state index < -0.39 is 11.1 Å². The van der Waals surface area contributed by atoms with Crippen LogP contribution in [0.3, 0.4) is 0 Å². The number of nitrogens with two attached hydrogens (primary N) is 1. The van der Waals surface area contributed by atoms with Gasteiger partial charge >= 0.3 is 0 Å². The number of aromatic nitrogens is 3. The molecule has 0 radical (unpaired) electrons. The van der Waals surface area contributed by atoms with Gasteiger partial charge < -0.3 is 10.8 Å². The third kappa shape index (κ3) is 3.28. The summed E-state index contributed by atoms with van der Waals surface area (Å²) >= 11 is 0. The average Bonchev–Trinajstić information content (AvgIpc) is 2.51. The van der Waals surface area contributed by atoms with Crippen LogP contribution in [0.15, 0.2) is 6.20 Å². The average molecular weight is 212 g/mol. The molecule has 0 fully saturated rings. The van der Waals surface area contributed by atoms with E-state index in [1.807, 2.05) is 20.8 Å². The highest BCUT2D eigenvalue weighted by atomic mass is 16.3.